The Balaban J connectivity index is 1.24. The van der Waals surface area contributed by atoms with Crippen molar-refractivity contribution in [1.29, 1.82) is 0 Å². The van der Waals surface area contributed by atoms with Gasteiger partial charge < -0.3 is 4.42 Å². The summed E-state index contributed by atoms with van der Waals surface area (Å²) in [5.74, 6) is 0.649. The van der Waals surface area contributed by atoms with Crippen LogP contribution in [0.3, 0.4) is 0 Å². The SMILES string of the molecule is C1=Cc2ccc(-c3nc(-c4ccccc4)cc(-c4cccnc4)n3)cc2-c2cc3oc4ccccc4c3cc2Sc2ccccc2-c2ccccc21. The number of furan rings is 1. The number of rotatable bonds is 3. The van der Waals surface area contributed by atoms with E-state index in [4.69, 9.17) is 14.4 Å². The molecule has 0 atom stereocenters. The van der Waals surface area contributed by atoms with Gasteiger partial charge in [0.1, 0.15) is 11.2 Å². The van der Waals surface area contributed by atoms with Gasteiger partial charge in [0.2, 0.25) is 0 Å². The van der Waals surface area contributed by atoms with Gasteiger partial charge in [0.15, 0.2) is 5.82 Å². The Hall–Kier alpha value is -6.56. The van der Waals surface area contributed by atoms with E-state index in [1.165, 1.54) is 16.0 Å². The predicted molar refractivity (Wildman–Crippen MR) is 214 cm³/mol. The number of para-hydroxylation sites is 1. The van der Waals surface area contributed by atoms with E-state index in [9.17, 15) is 0 Å². The monoisotopic (exact) mass is 683 g/mol. The highest BCUT2D eigenvalue weighted by atomic mass is 32.2. The van der Waals surface area contributed by atoms with Crippen molar-refractivity contribution in [2.45, 2.75) is 9.79 Å². The smallest absolute Gasteiger partial charge is 0.160 e. The van der Waals surface area contributed by atoms with Gasteiger partial charge in [0.25, 0.3) is 0 Å². The molecule has 0 fully saturated rings. The summed E-state index contributed by atoms with van der Waals surface area (Å²) in [5.41, 5.74) is 13.1. The second kappa shape index (κ2) is 12.6. The lowest BCUT2D eigenvalue weighted by atomic mass is 9.94. The minimum absolute atomic E-state index is 0.649. The molecule has 10 rings (SSSR count). The third kappa shape index (κ3) is 5.39. The van der Waals surface area contributed by atoms with Crippen molar-refractivity contribution in [2.24, 2.45) is 0 Å². The van der Waals surface area contributed by atoms with Crippen molar-refractivity contribution in [1.82, 2.24) is 15.0 Å². The number of hydrogen-bond donors (Lipinski definition) is 0. The molecule has 0 spiro atoms. The summed E-state index contributed by atoms with van der Waals surface area (Å²) in [6.45, 7) is 0. The molecule has 0 bridgehead atoms. The Morgan fingerprint density at radius 2 is 1.17 bits per heavy atom. The average Bonchev–Trinajstić information content (AvgIpc) is 3.57. The van der Waals surface area contributed by atoms with Crippen molar-refractivity contribution in [3.8, 4) is 56.2 Å². The normalized spacial score (nSPS) is 12.1. The summed E-state index contributed by atoms with van der Waals surface area (Å²) < 4.78 is 6.49. The largest absolute Gasteiger partial charge is 0.456 e. The molecule has 0 saturated heterocycles. The van der Waals surface area contributed by atoms with E-state index in [2.05, 4.69) is 120 Å². The van der Waals surface area contributed by atoms with Crippen molar-refractivity contribution < 1.29 is 4.42 Å². The van der Waals surface area contributed by atoms with Crippen LogP contribution in [0, 0.1) is 0 Å². The molecule has 0 unspecified atom stereocenters. The Morgan fingerprint density at radius 1 is 0.442 bits per heavy atom. The zero-order valence-electron chi connectivity index (χ0n) is 27.9. The highest BCUT2D eigenvalue weighted by molar-refractivity contribution is 7.99. The Bertz CT molecular complexity index is 2770. The third-order valence-electron chi connectivity index (χ3n) is 9.63. The molecule has 5 heteroatoms. The van der Waals surface area contributed by atoms with Gasteiger partial charge in [-0.15, -0.1) is 0 Å². The number of aromatic nitrogens is 3. The van der Waals surface area contributed by atoms with Crippen LogP contribution in [0.5, 0.6) is 0 Å². The van der Waals surface area contributed by atoms with E-state index in [-0.39, 0.29) is 0 Å². The highest BCUT2D eigenvalue weighted by Gasteiger charge is 2.20. The Labute approximate surface area is 305 Å². The molecular formula is C47H29N3OS. The lowest BCUT2D eigenvalue weighted by Gasteiger charge is -2.16. The zero-order chi connectivity index (χ0) is 34.4. The van der Waals surface area contributed by atoms with Crippen LogP contribution in [0.25, 0.3) is 90.2 Å². The molecule has 52 heavy (non-hydrogen) atoms. The molecule has 244 valence electrons. The maximum atomic E-state index is 6.49. The maximum Gasteiger partial charge on any atom is 0.160 e. The summed E-state index contributed by atoms with van der Waals surface area (Å²) in [6.07, 6.45) is 8.09. The molecule has 0 amide bonds. The van der Waals surface area contributed by atoms with Crippen LogP contribution < -0.4 is 0 Å². The fourth-order valence-electron chi connectivity index (χ4n) is 7.08. The predicted octanol–water partition coefficient (Wildman–Crippen LogP) is 12.7. The summed E-state index contributed by atoms with van der Waals surface area (Å²) >= 11 is 1.80. The van der Waals surface area contributed by atoms with Gasteiger partial charge in [0.05, 0.1) is 11.4 Å². The molecule has 3 aromatic heterocycles. The van der Waals surface area contributed by atoms with E-state index >= 15 is 0 Å². The van der Waals surface area contributed by atoms with Gasteiger partial charge in [-0.2, -0.15) is 0 Å². The second-order valence-corrected chi connectivity index (χ2v) is 13.9. The molecule has 4 nitrogen and oxygen atoms in total. The molecule has 0 N–H and O–H groups in total. The quantitative estimate of drug-likeness (QED) is 0.185. The molecule has 0 saturated carbocycles. The van der Waals surface area contributed by atoms with E-state index in [1.54, 1.807) is 18.0 Å². The van der Waals surface area contributed by atoms with Crippen molar-refractivity contribution >= 4 is 45.9 Å². The number of hydrogen-bond acceptors (Lipinski definition) is 5. The molecule has 0 radical (unpaired) electrons. The van der Waals surface area contributed by atoms with Gasteiger partial charge in [-0.1, -0.05) is 127 Å². The number of pyridine rings is 1. The van der Waals surface area contributed by atoms with Crippen LogP contribution in [0.1, 0.15) is 11.1 Å². The number of fused-ring (bicyclic) bond motifs is 9. The van der Waals surface area contributed by atoms with Gasteiger partial charge in [0, 0.05) is 49.6 Å². The highest BCUT2D eigenvalue weighted by Crippen LogP contribution is 2.46. The first-order chi connectivity index (χ1) is 25.7. The van der Waals surface area contributed by atoms with Gasteiger partial charge >= 0.3 is 0 Å². The van der Waals surface area contributed by atoms with Crippen molar-refractivity contribution in [2.75, 3.05) is 0 Å². The van der Waals surface area contributed by atoms with Crippen LogP contribution in [0.2, 0.25) is 0 Å². The van der Waals surface area contributed by atoms with E-state index < -0.39 is 0 Å². The maximum absolute atomic E-state index is 6.49. The molecular weight excluding hydrogens is 655 g/mol. The molecule has 0 aliphatic carbocycles. The van der Waals surface area contributed by atoms with Crippen LogP contribution in [0.4, 0.5) is 0 Å². The molecule has 6 aromatic carbocycles. The first-order valence-electron chi connectivity index (χ1n) is 17.2. The summed E-state index contributed by atoms with van der Waals surface area (Å²) in [7, 11) is 0. The third-order valence-corrected chi connectivity index (χ3v) is 10.8. The fraction of sp³-hybridized carbons (Fsp3) is 0. The molecule has 1 aliphatic heterocycles. The number of benzene rings is 6. The van der Waals surface area contributed by atoms with Gasteiger partial charge in [-0.05, 0) is 81.9 Å². The van der Waals surface area contributed by atoms with Crippen LogP contribution in [0.15, 0.2) is 178 Å². The minimum atomic E-state index is 0.649. The van der Waals surface area contributed by atoms with Crippen LogP contribution in [-0.2, 0) is 0 Å². The van der Waals surface area contributed by atoms with Gasteiger partial charge in [-0.25, -0.2) is 9.97 Å². The Morgan fingerprint density at radius 3 is 2.04 bits per heavy atom. The fourth-order valence-corrected chi connectivity index (χ4v) is 8.21. The summed E-state index contributed by atoms with van der Waals surface area (Å²) in [6, 6.07) is 53.0. The summed E-state index contributed by atoms with van der Waals surface area (Å²) in [4.78, 5) is 17.0. The zero-order valence-corrected chi connectivity index (χ0v) is 28.7. The van der Waals surface area contributed by atoms with Crippen molar-refractivity contribution in [3.63, 3.8) is 0 Å². The molecule has 9 aromatic rings. The van der Waals surface area contributed by atoms with E-state index in [1.807, 2.05) is 54.7 Å². The van der Waals surface area contributed by atoms with Crippen LogP contribution in [-0.4, -0.2) is 15.0 Å². The lowest BCUT2D eigenvalue weighted by molar-refractivity contribution is 0.669. The topological polar surface area (TPSA) is 51.8 Å². The first kappa shape index (κ1) is 30.3. The minimum Gasteiger partial charge on any atom is -0.456 e. The first-order valence-corrected chi connectivity index (χ1v) is 18.1. The second-order valence-electron chi connectivity index (χ2n) is 12.8. The molecule has 1 aliphatic rings. The van der Waals surface area contributed by atoms with Crippen LogP contribution >= 0.6 is 11.8 Å². The standard InChI is InChI=1S/C47H29N3OS/c1-2-12-32(13-3-1)41-28-42(34-14-10-24-48-29-34)50-47(49-41)33-23-22-31-21-20-30-11-4-5-15-35(30)37-17-7-9-19-45(37)52-46-27-39-36-16-6-8-18-43(36)51-44(39)26-40(46)38(31)25-33/h1-29H. The summed E-state index contributed by atoms with van der Waals surface area (Å²) in [5, 5.41) is 2.21. The van der Waals surface area contributed by atoms with E-state index in [0.29, 0.717) is 5.82 Å². The van der Waals surface area contributed by atoms with E-state index in [0.717, 1.165) is 77.2 Å². The van der Waals surface area contributed by atoms with Crippen molar-refractivity contribution in [3.05, 3.63) is 175 Å². The number of nitrogens with zero attached hydrogens (tertiary/aromatic N) is 3. The average molecular weight is 684 g/mol. The molecule has 4 heterocycles. The Kier molecular flexibility index (Phi) is 7.36. The van der Waals surface area contributed by atoms with Gasteiger partial charge in [-0.3, -0.25) is 4.98 Å². The lowest BCUT2D eigenvalue weighted by Crippen LogP contribution is -1.97.